The van der Waals surface area contributed by atoms with E-state index >= 15 is 0 Å². The van der Waals surface area contributed by atoms with Crippen molar-refractivity contribution in [2.24, 2.45) is 0 Å². The fraction of sp³-hybridized carbons (Fsp3) is 0.273. The monoisotopic (exact) mass is 210 g/mol. The Morgan fingerprint density at radius 3 is 2.86 bits per heavy atom. The molecule has 0 spiro atoms. The van der Waals surface area contributed by atoms with Crippen molar-refractivity contribution in [1.82, 2.24) is 0 Å². The number of rotatable bonds is 3. The maximum absolute atomic E-state index is 5.47. The van der Waals surface area contributed by atoms with Crippen LogP contribution in [0.25, 0.3) is 0 Å². The molecule has 1 rings (SSSR count). The van der Waals surface area contributed by atoms with Crippen molar-refractivity contribution in [3.05, 3.63) is 29.8 Å². The standard InChI is InChI=1S/C11H11ClO2/c1-13-9-14-11-7-3-2-5-10(11)6-4-8-12/h2-3,5,7H,8-9H2,1H3. The van der Waals surface area contributed by atoms with E-state index in [1.807, 2.05) is 24.3 Å². The SMILES string of the molecule is COCOc1ccccc1C#CCCl. The molecule has 1 aromatic rings. The fourth-order valence-corrected chi connectivity index (χ4v) is 1.01. The Hall–Kier alpha value is -1.17. The highest BCUT2D eigenvalue weighted by Crippen LogP contribution is 2.16. The van der Waals surface area contributed by atoms with E-state index in [2.05, 4.69) is 11.8 Å². The zero-order valence-electron chi connectivity index (χ0n) is 7.92. The average molecular weight is 211 g/mol. The van der Waals surface area contributed by atoms with Crippen molar-refractivity contribution in [2.75, 3.05) is 19.8 Å². The van der Waals surface area contributed by atoms with Crippen molar-refractivity contribution in [3.8, 4) is 17.6 Å². The van der Waals surface area contributed by atoms with Gasteiger partial charge in [0, 0.05) is 7.11 Å². The largest absolute Gasteiger partial charge is 0.466 e. The highest BCUT2D eigenvalue weighted by atomic mass is 35.5. The van der Waals surface area contributed by atoms with Crippen LogP contribution in [0.5, 0.6) is 5.75 Å². The van der Waals surface area contributed by atoms with Crippen LogP contribution < -0.4 is 4.74 Å². The third kappa shape index (κ3) is 3.29. The lowest BCUT2D eigenvalue weighted by atomic mass is 10.2. The van der Waals surface area contributed by atoms with Gasteiger partial charge < -0.3 is 9.47 Å². The first-order chi connectivity index (χ1) is 6.88. The molecule has 0 amide bonds. The van der Waals surface area contributed by atoms with Crippen molar-refractivity contribution >= 4 is 11.6 Å². The van der Waals surface area contributed by atoms with E-state index in [1.54, 1.807) is 7.11 Å². The van der Waals surface area contributed by atoms with Crippen molar-refractivity contribution in [2.45, 2.75) is 0 Å². The summed E-state index contributed by atoms with van der Waals surface area (Å²) in [6, 6.07) is 7.51. The van der Waals surface area contributed by atoms with Crippen LogP contribution in [-0.4, -0.2) is 19.8 Å². The maximum atomic E-state index is 5.47. The smallest absolute Gasteiger partial charge is 0.188 e. The van der Waals surface area contributed by atoms with Crippen LogP contribution in [0.15, 0.2) is 24.3 Å². The third-order valence-electron chi connectivity index (χ3n) is 1.51. The van der Waals surface area contributed by atoms with Gasteiger partial charge in [-0.1, -0.05) is 24.0 Å². The molecule has 2 nitrogen and oxygen atoms in total. The van der Waals surface area contributed by atoms with E-state index in [4.69, 9.17) is 21.1 Å². The summed E-state index contributed by atoms with van der Waals surface area (Å²) in [5.41, 5.74) is 0.824. The molecule has 74 valence electrons. The molecule has 0 atom stereocenters. The summed E-state index contributed by atoms with van der Waals surface area (Å²) < 4.78 is 10.1. The minimum absolute atomic E-state index is 0.222. The lowest BCUT2D eigenvalue weighted by Crippen LogP contribution is -2.00. The minimum atomic E-state index is 0.222. The van der Waals surface area contributed by atoms with Gasteiger partial charge in [0.2, 0.25) is 0 Å². The van der Waals surface area contributed by atoms with Crippen LogP contribution >= 0.6 is 11.6 Å². The molecule has 0 heterocycles. The molecule has 0 saturated carbocycles. The first-order valence-corrected chi connectivity index (χ1v) is 4.67. The molecule has 0 fully saturated rings. The zero-order chi connectivity index (χ0) is 10.2. The summed E-state index contributed by atoms with van der Waals surface area (Å²) in [5, 5.41) is 0. The van der Waals surface area contributed by atoms with Crippen molar-refractivity contribution < 1.29 is 9.47 Å². The Balaban J connectivity index is 2.80. The van der Waals surface area contributed by atoms with E-state index in [1.165, 1.54) is 0 Å². The van der Waals surface area contributed by atoms with Crippen LogP contribution in [0.2, 0.25) is 0 Å². The van der Waals surface area contributed by atoms with Crippen LogP contribution in [0.3, 0.4) is 0 Å². The first-order valence-electron chi connectivity index (χ1n) is 4.14. The molecule has 0 radical (unpaired) electrons. The quantitative estimate of drug-likeness (QED) is 0.433. The van der Waals surface area contributed by atoms with E-state index in [0.717, 1.165) is 5.56 Å². The molecule has 0 aliphatic heterocycles. The third-order valence-corrected chi connectivity index (χ3v) is 1.64. The molecule has 14 heavy (non-hydrogen) atoms. The Labute approximate surface area is 88.8 Å². The fourth-order valence-electron chi connectivity index (χ4n) is 0.947. The summed E-state index contributed by atoms with van der Waals surface area (Å²) in [7, 11) is 1.58. The van der Waals surface area contributed by atoms with Crippen LogP contribution in [-0.2, 0) is 4.74 Å². The molecular formula is C11H11ClO2. The van der Waals surface area contributed by atoms with Gasteiger partial charge in [-0.15, -0.1) is 11.6 Å². The van der Waals surface area contributed by atoms with Gasteiger partial charge >= 0.3 is 0 Å². The summed E-state index contributed by atoms with van der Waals surface area (Å²) in [4.78, 5) is 0. The zero-order valence-corrected chi connectivity index (χ0v) is 8.67. The summed E-state index contributed by atoms with van der Waals surface area (Å²) in [6.07, 6.45) is 0. The molecule has 0 aromatic heterocycles. The number of alkyl halides is 1. The van der Waals surface area contributed by atoms with E-state index in [9.17, 15) is 0 Å². The molecule has 0 N–H and O–H groups in total. The predicted octanol–water partition coefficient (Wildman–Crippen LogP) is 2.26. The molecule has 0 unspecified atom stereocenters. The highest BCUT2D eigenvalue weighted by Gasteiger charge is 1.98. The molecule has 0 aliphatic rings. The molecule has 0 bridgehead atoms. The van der Waals surface area contributed by atoms with Gasteiger partial charge in [-0.25, -0.2) is 0 Å². The highest BCUT2D eigenvalue weighted by molar-refractivity contribution is 6.19. The Bertz CT molecular complexity index is 339. The van der Waals surface area contributed by atoms with Crippen molar-refractivity contribution in [3.63, 3.8) is 0 Å². The van der Waals surface area contributed by atoms with Crippen LogP contribution in [0, 0.1) is 11.8 Å². The molecule has 3 heteroatoms. The van der Waals surface area contributed by atoms with Gasteiger partial charge in [-0.2, -0.15) is 0 Å². The van der Waals surface area contributed by atoms with Crippen LogP contribution in [0.1, 0.15) is 5.56 Å². The molecule has 0 aliphatic carbocycles. The predicted molar refractivity (Wildman–Crippen MR) is 56.5 cm³/mol. The van der Waals surface area contributed by atoms with Crippen molar-refractivity contribution in [1.29, 1.82) is 0 Å². The summed E-state index contributed by atoms with van der Waals surface area (Å²) >= 11 is 5.47. The lowest BCUT2D eigenvalue weighted by molar-refractivity contribution is 0.0509. The van der Waals surface area contributed by atoms with Gasteiger partial charge in [-0.05, 0) is 12.1 Å². The number of benzene rings is 1. The van der Waals surface area contributed by atoms with E-state index in [-0.39, 0.29) is 6.79 Å². The molecule has 0 saturated heterocycles. The van der Waals surface area contributed by atoms with E-state index in [0.29, 0.717) is 11.6 Å². The minimum Gasteiger partial charge on any atom is -0.466 e. The van der Waals surface area contributed by atoms with Gasteiger partial charge in [0.05, 0.1) is 11.4 Å². The average Bonchev–Trinajstić information content (AvgIpc) is 2.24. The molecule has 1 aromatic carbocycles. The second kappa shape index (κ2) is 6.31. The maximum Gasteiger partial charge on any atom is 0.188 e. The van der Waals surface area contributed by atoms with Gasteiger partial charge in [0.1, 0.15) is 5.75 Å². The topological polar surface area (TPSA) is 18.5 Å². The number of para-hydroxylation sites is 1. The second-order valence-corrected chi connectivity index (χ2v) is 2.75. The number of ether oxygens (including phenoxy) is 2. The number of hydrogen-bond donors (Lipinski definition) is 0. The Kier molecular flexibility index (Phi) is 4.92. The Morgan fingerprint density at radius 2 is 2.14 bits per heavy atom. The first kappa shape index (κ1) is 10.9. The number of hydrogen-bond acceptors (Lipinski definition) is 2. The summed E-state index contributed by atoms with van der Waals surface area (Å²) in [5.74, 6) is 6.72. The van der Waals surface area contributed by atoms with Gasteiger partial charge in [-0.3, -0.25) is 0 Å². The lowest BCUT2D eigenvalue weighted by Gasteiger charge is -2.05. The normalized spacial score (nSPS) is 9.00. The summed E-state index contributed by atoms with van der Waals surface area (Å²) in [6.45, 7) is 0.222. The van der Waals surface area contributed by atoms with Crippen LogP contribution in [0.4, 0.5) is 0 Å². The van der Waals surface area contributed by atoms with E-state index < -0.39 is 0 Å². The number of methoxy groups -OCH3 is 1. The second-order valence-electron chi connectivity index (χ2n) is 2.48. The van der Waals surface area contributed by atoms with Gasteiger partial charge in [0.15, 0.2) is 6.79 Å². The van der Waals surface area contributed by atoms with Gasteiger partial charge in [0.25, 0.3) is 0 Å². The Morgan fingerprint density at radius 1 is 1.36 bits per heavy atom. The molecular weight excluding hydrogens is 200 g/mol. The number of halogens is 1.